The van der Waals surface area contributed by atoms with Gasteiger partial charge in [0.2, 0.25) is 0 Å². The quantitative estimate of drug-likeness (QED) is 0.762. The third kappa shape index (κ3) is 2.08. The predicted molar refractivity (Wildman–Crippen MR) is 90.0 cm³/mol. The Balaban J connectivity index is 2.08. The minimum Gasteiger partial charge on any atom is -0.481 e. The molecule has 3 aliphatic carbocycles. The van der Waals surface area contributed by atoms with E-state index < -0.39 is 16.8 Å². The van der Waals surface area contributed by atoms with Crippen LogP contribution in [0, 0.1) is 22.2 Å². The minimum absolute atomic E-state index is 0.128. The molecule has 1 fully saturated rings. The molecule has 0 unspecified atom stereocenters. The first-order chi connectivity index (χ1) is 10.7. The molecule has 4 atom stereocenters. The van der Waals surface area contributed by atoms with Gasteiger partial charge >= 0.3 is 5.97 Å². The van der Waals surface area contributed by atoms with Crippen molar-refractivity contribution in [3.05, 3.63) is 23.8 Å². The molecule has 0 heterocycles. The van der Waals surface area contributed by atoms with Crippen molar-refractivity contribution in [1.82, 2.24) is 0 Å². The lowest BCUT2D eigenvalue weighted by molar-refractivity contribution is -0.159. The number of carboxylic acids is 1. The van der Waals surface area contributed by atoms with Gasteiger partial charge in [-0.15, -0.1) is 6.58 Å². The third-order valence-corrected chi connectivity index (χ3v) is 7.29. The third-order valence-electron chi connectivity index (χ3n) is 7.29. The van der Waals surface area contributed by atoms with Crippen molar-refractivity contribution in [2.45, 2.75) is 65.7 Å². The number of aliphatic carboxylic acids is 1. The van der Waals surface area contributed by atoms with Gasteiger partial charge in [0.25, 0.3) is 0 Å². The Kier molecular flexibility index (Phi) is 3.62. The summed E-state index contributed by atoms with van der Waals surface area (Å²) in [7, 11) is 0. The van der Waals surface area contributed by atoms with Crippen molar-refractivity contribution in [2.24, 2.45) is 22.2 Å². The monoisotopic (exact) mass is 316 g/mol. The van der Waals surface area contributed by atoms with E-state index in [1.807, 2.05) is 13.8 Å². The molecule has 0 radical (unpaired) electrons. The van der Waals surface area contributed by atoms with Crippen molar-refractivity contribution >= 4 is 11.8 Å². The van der Waals surface area contributed by atoms with E-state index in [4.69, 9.17) is 0 Å². The van der Waals surface area contributed by atoms with Gasteiger partial charge in [-0.3, -0.25) is 9.59 Å². The van der Waals surface area contributed by atoms with Gasteiger partial charge in [0.05, 0.1) is 5.41 Å². The van der Waals surface area contributed by atoms with Crippen LogP contribution >= 0.6 is 0 Å². The summed E-state index contributed by atoms with van der Waals surface area (Å²) in [6.45, 7) is 9.99. The molecule has 0 aromatic rings. The lowest BCUT2D eigenvalue weighted by atomic mass is 9.47. The van der Waals surface area contributed by atoms with E-state index in [1.165, 1.54) is 5.57 Å². The second-order valence-corrected chi connectivity index (χ2v) is 8.49. The lowest BCUT2D eigenvalue weighted by Gasteiger charge is -2.56. The average Bonchev–Trinajstić information content (AvgIpc) is 2.50. The van der Waals surface area contributed by atoms with Crippen molar-refractivity contribution in [1.29, 1.82) is 0 Å². The van der Waals surface area contributed by atoms with E-state index in [-0.39, 0.29) is 17.1 Å². The van der Waals surface area contributed by atoms with Crippen LogP contribution in [-0.4, -0.2) is 16.9 Å². The van der Waals surface area contributed by atoms with Crippen LogP contribution in [0.5, 0.6) is 0 Å². The van der Waals surface area contributed by atoms with Gasteiger partial charge in [0.15, 0.2) is 5.78 Å². The Morgan fingerprint density at radius 3 is 2.52 bits per heavy atom. The van der Waals surface area contributed by atoms with Crippen LogP contribution in [0.1, 0.15) is 65.7 Å². The number of fused-ring (bicyclic) bond motifs is 2. The highest BCUT2D eigenvalue weighted by Gasteiger charge is 2.57. The second kappa shape index (κ2) is 5.06. The molecule has 1 N–H and O–H groups in total. The Hall–Kier alpha value is -1.38. The zero-order valence-electron chi connectivity index (χ0n) is 14.6. The largest absolute Gasteiger partial charge is 0.481 e. The number of rotatable bonds is 2. The van der Waals surface area contributed by atoms with Crippen LogP contribution in [-0.2, 0) is 9.59 Å². The normalized spacial score (nSPS) is 43.6. The number of hydrogen-bond acceptors (Lipinski definition) is 2. The van der Waals surface area contributed by atoms with Gasteiger partial charge in [-0.1, -0.05) is 25.0 Å². The zero-order chi connectivity index (χ0) is 17.0. The first-order valence-electron chi connectivity index (χ1n) is 8.83. The summed E-state index contributed by atoms with van der Waals surface area (Å²) in [5, 5.41) is 9.82. The Morgan fingerprint density at radius 1 is 1.22 bits per heavy atom. The van der Waals surface area contributed by atoms with E-state index in [1.54, 1.807) is 6.08 Å². The fraction of sp³-hybridized carbons (Fsp3) is 0.700. The number of carbonyl (C=O) groups is 2. The van der Waals surface area contributed by atoms with Crippen LogP contribution in [0.25, 0.3) is 0 Å². The average molecular weight is 316 g/mol. The number of ketones is 1. The molecule has 0 aliphatic heterocycles. The predicted octanol–water partition coefficient (Wildman–Crippen LogP) is 4.53. The van der Waals surface area contributed by atoms with Gasteiger partial charge in [-0.05, 0) is 69.3 Å². The van der Waals surface area contributed by atoms with Crippen LogP contribution in [0.3, 0.4) is 0 Å². The molecule has 23 heavy (non-hydrogen) atoms. The van der Waals surface area contributed by atoms with E-state index in [9.17, 15) is 14.7 Å². The smallest absolute Gasteiger partial charge is 0.309 e. The molecule has 126 valence electrons. The molecule has 3 aliphatic rings. The highest BCUT2D eigenvalue weighted by atomic mass is 16.4. The number of allylic oxidation sites excluding steroid dienone is 3. The first-order valence-corrected chi connectivity index (χ1v) is 8.83. The maximum atomic E-state index is 13.0. The molecule has 0 spiro atoms. The number of carboxylic acid groups (broad SMARTS) is 1. The Morgan fingerprint density at radius 2 is 1.91 bits per heavy atom. The van der Waals surface area contributed by atoms with Crippen LogP contribution < -0.4 is 0 Å². The maximum Gasteiger partial charge on any atom is 0.309 e. The Bertz CT molecular complexity index is 616. The number of hydrogen-bond donors (Lipinski definition) is 1. The SMILES string of the molecule is C=C[C@@]1(C)CCC2=C(CC[C@@H]3[C@](C)(C(=O)O)CCC[C@@]23C)C1=O. The standard InChI is InChI=1S/C20H28O3/c1-5-18(2)12-9-14-13(16(18)21)7-8-15-19(14,3)10-6-11-20(15,4)17(22)23/h5,15H,1,6-12H2,2-4H3,(H,22,23)/t15-,18-,19-,20+/m0/s1. The summed E-state index contributed by atoms with van der Waals surface area (Å²) in [6, 6.07) is 0. The summed E-state index contributed by atoms with van der Waals surface area (Å²) in [5.74, 6) is -0.299. The summed E-state index contributed by atoms with van der Waals surface area (Å²) in [4.78, 5) is 24.9. The highest BCUT2D eigenvalue weighted by Crippen LogP contribution is 2.62. The molecule has 1 saturated carbocycles. The number of carbonyl (C=O) groups excluding carboxylic acids is 1. The molecule has 3 nitrogen and oxygen atoms in total. The molecule has 0 bridgehead atoms. The molecule has 3 rings (SSSR count). The van der Waals surface area contributed by atoms with Crippen LogP contribution in [0.15, 0.2) is 23.8 Å². The van der Waals surface area contributed by atoms with Gasteiger partial charge < -0.3 is 5.11 Å². The van der Waals surface area contributed by atoms with E-state index >= 15 is 0 Å². The summed E-state index contributed by atoms with van der Waals surface area (Å²) in [6.07, 6.45) is 7.76. The molecule has 0 amide bonds. The van der Waals surface area contributed by atoms with Gasteiger partial charge in [-0.2, -0.15) is 0 Å². The van der Waals surface area contributed by atoms with Crippen LogP contribution in [0.2, 0.25) is 0 Å². The summed E-state index contributed by atoms with van der Waals surface area (Å²) >= 11 is 0. The summed E-state index contributed by atoms with van der Waals surface area (Å²) in [5.41, 5.74) is 1.04. The maximum absolute atomic E-state index is 13.0. The van der Waals surface area contributed by atoms with E-state index in [2.05, 4.69) is 13.5 Å². The van der Waals surface area contributed by atoms with Gasteiger partial charge in [-0.25, -0.2) is 0 Å². The Labute approximate surface area is 138 Å². The number of Topliss-reactive ketones (excluding diaryl/α,β-unsaturated/α-hetero) is 1. The van der Waals surface area contributed by atoms with Crippen molar-refractivity contribution < 1.29 is 14.7 Å². The fourth-order valence-corrected chi connectivity index (χ4v) is 5.64. The molecule has 0 aromatic carbocycles. The van der Waals surface area contributed by atoms with Gasteiger partial charge in [0, 0.05) is 5.41 Å². The lowest BCUT2D eigenvalue weighted by Crippen LogP contribution is -2.52. The van der Waals surface area contributed by atoms with E-state index in [0.29, 0.717) is 0 Å². The molecule has 3 heteroatoms. The molecular weight excluding hydrogens is 288 g/mol. The zero-order valence-corrected chi connectivity index (χ0v) is 14.6. The molecular formula is C20H28O3. The van der Waals surface area contributed by atoms with Crippen molar-refractivity contribution in [3.63, 3.8) is 0 Å². The second-order valence-electron chi connectivity index (χ2n) is 8.49. The van der Waals surface area contributed by atoms with Crippen molar-refractivity contribution in [3.8, 4) is 0 Å². The minimum atomic E-state index is -0.671. The molecule has 0 saturated heterocycles. The molecule has 0 aromatic heterocycles. The first kappa shape index (κ1) is 16.5. The van der Waals surface area contributed by atoms with E-state index in [0.717, 1.165) is 50.5 Å². The van der Waals surface area contributed by atoms with Gasteiger partial charge in [0.1, 0.15) is 0 Å². The van der Waals surface area contributed by atoms with Crippen LogP contribution in [0.4, 0.5) is 0 Å². The summed E-state index contributed by atoms with van der Waals surface area (Å²) < 4.78 is 0. The van der Waals surface area contributed by atoms with Crippen molar-refractivity contribution in [2.75, 3.05) is 0 Å². The fourth-order valence-electron chi connectivity index (χ4n) is 5.64. The highest BCUT2D eigenvalue weighted by molar-refractivity contribution is 6.02. The topological polar surface area (TPSA) is 54.4 Å².